The van der Waals surface area contributed by atoms with Gasteiger partial charge in [-0.05, 0) is 30.7 Å². The van der Waals surface area contributed by atoms with Crippen molar-refractivity contribution in [2.45, 2.75) is 25.3 Å². The number of rotatable bonds is 5. The van der Waals surface area contributed by atoms with Crippen LogP contribution in [0.1, 0.15) is 19.3 Å². The Bertz CT molecular complexity index is 862. The van der Waals surface area contributed by atoms with Crippen molar-refractivity contribution in [1.82, 2.24) is 20.3 Å². The lowest BCUT2D eigenvalue weighted by atomic mass is 9.81. The number of nitrogens with zero attached hydrogens (tertiary/aromatic N) is 3. The third-order valence-corrected chi connectivity index (χ3v) is 5.76. The van der Waals surface area contributed by atoms with E-state index in [1.54, 1.807) is 6.33 Å². The summed E-state index contributed by atoms with van der Waals surface area (Å²) in [5.74, 6) is -0.125. The number of amides is 1. The van der Waals surface area contributed by atoms with Crippen molar-refractivity contribution in [1.29, 1.82) is 0 Å². The van der Waals surface area contributed by atoms with Crippen LogP contribution in [0.4, 0.5) is 5.82 Å². The minimum atomic E-state index is -1.02. The predicted molar refractivity (Wildman–Crippen MR) is 96.9 cm³/mol. The Morgan fingerprint density at radius 2 is 2.30 bits per heavy atom. The van der Waals surface area contributed by atoms with E-state index in [1.807, 2.05) is 12.3 Å². The van der Waals surface area contributed by atoms with Crippen molar-refractivity contribution in [3.8, 4) is 0 Å². The zero-order chi connectivity index (χ0) is 19.0. The van der Waals surface area contributed by atoms with Gasteiger partial charge in [0.05, 0.1) is 19.1 Å². The molecule has 1 amide bonds. The smallest absolute Gasteiger partial charge is 0.330 e. The molecule has 9 nitrogen and oxygen atoms in total. The van der Waals surface area contributed by atoms with Crippen LogP contribution >= 0.6 is 0 Å². The molecule has 27 heavy (non-hydrogen) atoms. The van der Waals surface area contributed by atoms with E-state index in [2.05, 4.69) is 29.9 Å². The van der Waals surface area contributed by atoms with Crippen LogP contribution in [0.2, 0.25) is 0 Å². The van der Waals surface area contributed by atoms with Gasteiger partial charge in [0.15, 0.2) is 6.04 Å². The molecule has 1 aliphatic heterocycles. The van der Waals surface area contributed by atoms with Crippen LogP contribution < -0.4 is 10.2 Å². The fraction of sp³-hybridized carbons (Fsp3) is 0.556. The predicted octanol–water partition coefficient (Wildman–Crippen LogP) is 0.215. The van der Waals surface area contributed by atoms with Crippen LogP contribution in [0.15, 0.2) is 18.6 Å². The largest absolute Gasteiger partial charge is 0.467 e. The summed E-state index contributed by atoms with van der Waals surface area (Å²) in [4.78, 5) is 38.4. The average molecular weight is 373 g/mol. The van der Waals surface area contributed by atoms with E-state index < -0.39 is 18.6 Å². The van der Waals surface area contributed by atoms with E-state index in [9.17, 15) is 14.7 Å². The molecule has 2 aliphatic rings. The van der Waals surface area contributed by atoms with Crippen molar-refractivity contribution in [2.75, 3.05) is 31.7 Å². The molecule has 1 saturated heterocycles. The monoisotopic (exact) mass is 373 g/mol. The highest BCUT2D eigenvalue weighted by Gasteiger charge is 2.55. The van der Waals surface area contributed by atoms with Crippen LogP contribution in [0.5, 0.6) is 0 Å². The lowest BCUT2D eigenvalue weighted by Gasteiger charge is -2.39. The van der Waals surface area contributed by atoms with Crippen molar-refractivity contribution in [2.24, 2.45) is 11.3 Å². The van der Waals surface area contributed by atoms with Gasteiger partial charge in [-0.3, -0.25) is 4.79 Å². The van der Waals surface area contributed by atoms with E-state index in [0.29, 0.717) is 13.0 Å². The third kappa shape index (κ3) is 3.12. The number of carbonyl (C=O) groups is 2. The maximum absolute atomic E-state index is 12.8. The first kappa shape index (κ1) is 17.7. The fourth-order valence-corrected chi connectivity index (χ4v) is 4.12. The van der Waals surface area contributed by atoms with E-state index in [4.69, 9.17) is 0 Å². The summed E-state index contributed by atoms with van der Waals surface area (Å²) in [5, 5.41) is 13.0. The third-order valence-electron chi connectivity index (χ3n) is 5.76. The normalized spacial score (nSPS) is 21.9. The highest BCUT2D eigenvalue weighted by atomic mass is 16.5. The molecule has 2 atom stereocenters. The van der Waals surface area contributed by atoms with Gasteiger partial charge >= 0.3 is 5.97 Å². The minimum Gasteiger partial charge on any atom is -0.467 e. The summed E-state index contributed by atoms with van der Waals surface area (Å²) >= 11 is 0. The zero-order valence-electron chi connectivity index (χ0n) is 15.1. The standard InChI is InChI=1S/C18H23N5O4/c1-27-17(26)13(8-24)22-16(25)12-3-7-23(9-18(12)4-5-18)15-11-2-6-19-14(11)20-10-21-15/h2,6,10,12-13,24H,3-5,7-9H2,1H3,(H,22,25)(H,19,20,21)/t12-,13-/m1/s1. The van der Waals surface area contributed by atoms with E-state index in [0.717, 1.165) is 36.2 Å². The number of H-pyrrole nitrogens is 1. The van der Waals surface area contributed by atoms with E-state index in [-0.39, 0.29) is 17.2 Å². The minimum absolute atomic E-state index is 0.105. The van der Waals surface area contributed by atoms with Gasteiger partial charge in [-0.1, -0.05) is 0 Å². The number of piperidine rings is 1. The summed E-state index contributed by atoms with van der Waals surface area (Å²) < 4.78 is 4.63. The van der Waals surface area contributed by atoms with E-state index in [1.165, 1.54) is 7.11 Å². The molecule has 2 aromatic rings. The topological polar surface area (TPSA) is 120 Å². The van der Waals surface area contributed by atoms with Gasteiger partial charge in [-0.2, -0.15) is 0 Å². The van der Waals surface area contributed by atoms with Crippen LogP contribution in [0, 0.1) is 11.3 Å². The molecule has 1 saturated carbocycles. The number of aromatic nitrogens is 3. The van der Waals surface area contributed by atoms with Crippen LogP contribution in [0.3, 0.4) is 0 Å². The number of aromatic amines is 1. The van der Waals surface area contributed by atoms with Gasteiger partial charge in [0.1, 0.15) is 17.8 Å². The summed E-state index contributed by atoms with van der Waals surface area (Å²) in [7, 11) is 1.24. The quantitative estimate of drug-likeness (QED) is 0.641. The molecule has 144 valence electrons. The average Bonchev–Trinajstić information content (AvgIpc) is 3.27. The van der Waals surface area contributed by atoms with Crippen molar-refractivity contribution in [3.05, 3.63) is 18.6 Å². The molecular formula is C18H23N5O4. The summed E-state index contributed by atoms with van der Waals surface area (Å²) in [6.45, 7) is 0.959. The van der Waals surface area contributed by atoms with Crippen LogP contribution in [-0.4, -0.2) is 64.8 Å². The lowest BCUT2D eigenvalue weighted by molar-refractivity contribution is -0.147. The Labute approximate surface area is 156 Å². The molecule has 1 spiro atoms. The summed E-state index contributed by atoms with van der Waals surface area (Å²) in [5.41, 5.74) is 0.694. The molecule has 4 rings (SSSR count). The lowest BCUT2D eigenvalue weighted by Crippen LogP contribution is -2.52. The molecule has 3 heterocycles. The number of aliphatic hydroxyl groups excluding tert-OH is 1. The molecular weight excluding hydrogens is 350 g/mol. The maximum atomic E-state index is 12.8. The number of hydrogen-bond donors (Lipinski definition) is 3. The second-order valence-corrected chi connectivity index (χ2v) is 7.33. The highest BCUT2D eigenvalue weighted by Crippen LogP contribution is 2.56. The Morgan fingerprint density at radius 1 is 1.48 bits per heavy atom. The number of aliphatic hydroxyl groups is 1. The Hall–Kier alpha value is -2.68. The number of fused-ring (bicyclic) bond motifs is 1. The molecule has 0 aromatic carbocycles. The molecule has 0 bridgehead atoms. The highest BCUT2D eigenvalue weighted by molar-refractivity contribution is 5.89. The maximum Gasteiger partial charge on any atom is 0.330 e. The van der Waals surface area contributed by atoms with Gasteiger partial charge in [0.25, 0.3) is 0 Å². The van der Waals surface area contributed by atoms with Crippen LogP contribution in [-0.2, 0) is 14.3 Å². The van der Waals surface area contributed by atoms with Crippen molar-refractivity contribution >= 4 is 28.7 Å². The van der Waals surface area contributed by atoms with Gasteiger partial charge in [0.2, 0.25) is 5.91 Å². The SMILES string of the molecule is COC(=O)[C@@H](CO)NC(=O)[C@H]1CCN(c2ncnc3[nH]ccc23)CC12CC2. The Balaban J connectivity index is 1.49. The molecule has 0 unspecified atom stereocenters. The first-order valence-electron chi connectivity index (χ1n) is 9.10. The number of hydrogen-bond acceptors (Lipinski definition) is 7. The molecule has 1 aliphatic carbocycles. The Morgan fingerprint density at radius 3 is 3.00 bits per heavy atom. The second-order valence-electron chi connectivity index (χ2n) is 7.33. The number of anilines is 1. The first-order chi connectivity index (χ1) is 13.1. The van der Waals surface area contributed by atoms with Crippen molar-refractivity contribution in [3.63, 3.8) is 0 Å². The van der Waals surface area contributed by atoms with Gasteiger partial charge in [-0.15, -0.1) is 0 Å². The van der Waals surface area contributed by atoms with Gasteiger partial charge < -0.3 is 25.0 Å². The number of nitrogens with one attached hydrogen (secondary N) is 2. The second kappa shape index (κ2) is 6.80. The van der Waals surface area contributed by atoms with E-state index >= 15 is 0 Å². The van der Waals surface area contributed by atoms with Crippen molar-refractivity contribution < 1.29 is 19.4 Å². The fourth-order valence-electron chi connectivity index (χ4n) is 4.12. The number of carbonyl (C=O) groups excluding carboxylic acids is 2. The number of esters is 1. The zero-order valence-corrected chi connectivity index (χ0v) is 15.1. The van der Waals surface area contributed by atoms with Crippen LogP contribution in [0.25, 0.3) is 11.0 Å². The number of methoxy groups -OCH3 is 1. The summed E-state index contributed by atoms with van der Waals surface area (Å²) in [6, 6.07) is 0.947. The molecule has 3 N–H and O–H groups in total. The Kier molecular flexibility index (Phi) is 4.47. The van der Waals surface area contributed by atoms with Gasteiger partial charge in [-0.25, -0.2) is 14.8 Å². The molecule has 2 fully saturated rings. The molecule has 2 aromatic heterocycles. The summed E-state index contributed by atoms with van der Waals surface area (Å²) in [6.07, 6.45) is 5.99. The first-order valence-corrected chi connectivity index (χ1v) is 9.10. The molecule has 0 radical (unpaired) electrons. The van der Waals surface area contributed by atoms with Gasteiger partial charge in [0, 0.05) is 25.2 Å². The number of ether oxygens (including phenoxy) is 1. The molecule has 9 heteroatoms.